The fraction of sp³-hybridized carbons (Fsp3) is 0.292. The van der Waals surface area contributed by atoms with E-state index in [2.05, 4.69) is 32.4 Å². The van der Waals surface area contributed by atoms with Crippen LogP contribution >= 0.6 is 0 Å². The molecule has 3 aromatic heterocycles. The molecule has 0 unspecified atom stereocenters. The number of carbonyl (C=O) groups is 1. The highest BCUT2D eigenvalue weighted by Crippen LogP contribution is 2.28. The summed E-state index contributed by atoms with van der Waals surface area (Å²) in [5.41, 5.74) is 4.04. The van der Waals surface area contributed by atoms with Crippen LogP contribution in [0.5, 0.6) is 0 Å². The lowest BCUT2D eigenvalue weighted by molar-refractivity contribution is 0.0983. The van der Waals surface area contributed by atoms with Crippen molar-refractivity contribution in [2.45, 2.75) is 13.3 Å². The molecule has 9 heteroatoms. The van der Waals surface area contributed by atoms with E-state index in [1.165, 1.54) is 0 Å². The van der Waals surface area contributed by atoms with Crippen molar-refractivity contribution in [1.29, 1.82) is 0 Å². The average Bonchev–Trinajstić information content (AvgIpc) is 3.24. The SMILES string of the molecule is CCC(=O)c1ccc(Nc2cc(-c3ccc4cnn(C)c4c3)nc(N3CCOCC3)n2)cn1. The van der Waals surface area contributed by atoms with Crippen LogP contribution in [-0.2, 0) is 11.8 Å². The van der Waals surface area contributed by atoms with Gasteiger partial charge in [-0.15, -0.1) is 0 Å². The van der Waals surface area contributed by atoms with Crippen molar-refractivity contribution in [3.05, 3.63) is 54.5 Å². The fourth-order valence-electron chi connectivity index (χ4n) is 3.82. The van der Waals surface area contributed by atoms with Gasteiger partial charge in [0, 0.05) is 43.6 Å². The predicted molar refractivity (Wildman–Crippen MR) is 127 cm³/mol. The number of nitrogens with one attached hydrogen (secondary N) is 1. The second-order valence-electron chi connectivity index (χ2n) is 7.91. The van der Waals surface area contributed by atoms with Crippen LogP contribution in [0.25, 0.3) is 22.2 Å². The zero-order valence-corrected chi connectivity index (χ0v) is 18.7. The van der Waals surface area contributed by atoms with Crippen molar-refractivity contribution in [2.24, 2.45) is 7.05 Å². The molecule has 5 rings (SSSR count). The lowest BCUT2D eigenvalue weighted by atomic mass is 10.1. The smallest absolute Gasteiger partial charge is 0.228 e. The molecule has 0 bridgehead atoms. The number of benzene rings is 1. The zero-order valence-electron chi connectivity index (χ0n) is 18.7. The molecule has 1 saturated heterocycles. The number of ketones is 1. The van der Waals surface area contributed by atoms with Crippen molar-refractivity contribution in [3.8, 4) is 11.3 Å². The number of nitrogens with zero attached hydrogens (tertiary/aromatic N) is 6. The van der Waals surface area contributed by atoms with Gasteiger partial charge in [-0.2, -0.15) is 10.1 Å². The Bertz CT molecular complexity index is 1290. The van der Waals surface area contributed by atoms with Gasteiger partial charge in [-0.3, -0.25) is 14.5 Å². The predicted octanol–water partition coefficient (Wildman–Crippen LogP) is 3.60. The van der Waals surface area contributed by atoms with Crippen LogP contribution in [0.3, 0.4) is 0 Å². The molecule has 168 valence electrons. The Morgan fingerprint density at radius 2 is 1.94 bits per heavy atom. The van der Waals surface area contributed by atoms with Crippen LogP contribution < -0.4 is 10.2 Å². The minimum Gasteiger partial charge on any atom is -0.378 e. The molecule has 4 heterocycles. The number of hydrogen-bond acceptors (Lipinski definition) is 8. The number of fused-ring (bicyclic) bond motifs is 1. The Labute approximate surface area is 191 Å². The Morgan fingerprint density at radius 3 is 2.70 bits per heavy atom. The van der Waals surface area contributed by atoms with Gasteiger partial charge in [0.2, 0.25) is 5.95 Å². The molecule has 1 aliphatic heterocycles. The zero-order chi connectivity index (χ0) is 22.8. The van der Waals surface area contributed by atoms with Crippen molar-refractivity contribution in [1.82, 2.24) is 24.7 Å². The minimum absolute atomic E-state index is 0.0195. The standard InChI is InChI=1S/C24H25N7O2/c1-3-22(32)19-7-6-18(15-25-19)27-23-13-20(28-24(29-23)31-8-10-33-11-9-31)16-4-5-17-14-26-30(2)21(17)12-16/h4-7,12-15H,3,8-11H2,1-2H3,(H,27,28,29). The molecule has 9 nitrogen and oxygen atoms in total. The van der Waals surface area contributed by atoms with Crippen molar-refractivity contribution in [3.63, 3.8) is 0 Å². The number of Topliss-reactive ketones (excluding diaryl/α,β-unsaturated/α-hetero) is 1. The van der Waals surface area contributed by atoms with Crippen LogP contribution in [-0.4, -0.2) is 56.8 Å². The van der Waals surface area contributed by atoms with E-state index in [-0.39, 0.29) is 5.78 Å². The fourth-order valence-corrected chi connectivity index (χ4v) is 3.82. The Morgan fingerprint density at radius 1 is 1.09 bits per heavy atom. The first kappa shape index (κ1) is 21.0. The number of aryl methyl sites for hydroxylation is 1. The van der Waals surface area contributed by atoms with Gasteiger partial charge in [-0.05, 0) is 18.2 Å². The molecule has 0 radical (unpaired) electrons. The van der Waals surface area contributed by atoms with Crippen molar-refractivity contribution < 1.29 is 9.53 Å². The maximum Gasteiger partial charge on any atom is 0.228 e. The molecule has 1 N–H and O–H groups in total. The second-order valence-corrected chi connectivity index (χ2v) is 7.91. The molecule has 0 saturated carbocycles. The third kappa shape index (κ3) is 4.40. The highest BCUT2D eigenvalue weighted by molar-refractivity contribution is 5.94. The molecule has 4 aromatic rings. The van der Waals surface area contributed by atoms with Crippen LogP contribution in [0.2, 0.25) is 0 Å². The van der Waals surface area contributed by atoms with E-state index in [0.29, 0.717) is 37.1 Å². The van der Waals surface area contributed by atoms with E-state index in [1.54, 1.807) is 12.3 Å². The van der Waals surface area contributed by atoms with Gasteiger partial charge >= 0.3 is 0 Å². The molecular formula is C24H25N7O2. The third-order valence-electron chi connectivity index (χ3n) is 5.70. The summed E-state index contributed by atoms with van der Waals surface area (Å²) in [4.78, 5) is 27.9. The molecule has 0 amide bonds. The average molecular weight is 444 g/mol. The number of carbonyl (C=O) groups excluding carboxylic acids is 1. The van der Waals surface area contributed by atoms with Gasteiger partial charge in [0.1, 0.15) is 11.5 Å². The summed E-state index contributed by atoms with van der Waals surface area (Å²) in [5, 5.41) is 8.74. The summed E-state index contributed by atoms with van der Waals surface area (Å²) in [6.07, 6.45) is 3.94. The van der Waals surface area contributed by atoms with Gasteiger partial charge in [-0.25, -0.2) is 4.98 Å². The van der Waals surface area contributed by atoms with E-state index in [0.717, 1.165) is 40.9 Å². The molecule has 1 aliphatic rings. The van der Waals surface area contributed by atoms with E-state index >= 15 is 0 Å². The number of ether oxygens (including phenoxy) is 1. The third-order valence-corrected chi connectivity index (χ3v) is 5.70. The topological polar surface area (TPSA) is 98.1 Å². The lowest BCUT2D eigenvalue weighted by Crippen LogP contribution is -2.37. The Balaban J connectivity index is 1.52. The highest BCUT2D eigenvalue weighted by atomic mass is 16.5. The van der Waals surface area contributed by atoms with Gasteiger partial charge in [0.15, 0.2) is 5.78 Å². The summed E-state index contributed by atoms with van der Waals surface area (Å²) in [7, 11) is 1.93. The summed E-state index contributed by atoms with van der Waals surface area (Å²) >= 11 is 0. The minimum atomic E-state index is 0.0195. The monoisotopic (exact) mass is 443 g/mol. The maximum absolute atomic E-state index is 11.9. The Hall–Kier alpha value is -3.85. The first-order chi connectivity index (χ1) is 16.1. The summed E-state index contributed by atoms with van der Waals surface area (Å²) in [5.74, 6) is 1.32. The van der Waals surface area contributed by atoms with Crippen molar-refractivity contribution in [2.75, 3.05) is 36.5 Å². The number of hydrogen-bond donors (Lipinski definition) is 1. The highest BCUT2D eigenvalue weighted by Gasteiger charge is 2.17. The molecule has 1 fully saturated rings. The number of pyridine rings is 1. The van der Waals surface area contributed by atoms with E-state index < -0.39 is 0 Å². The van der Waals surface area contributed by atoms with E-state index in [1.807, 2.05) is 43.0 Å². The molecule has 33 heavy (non-hydrogen) atoms. The van der Waals surface area contributed by atoms with Crippen LogP contribution in [0.4, 0.5) is 17.5 Å². The molecule has 0 spiro atoms. The normalized spacial score (nSPS) is 13.9. The van der Waals surface area contributed by atoms with Gasteiger partial charge in [-0.1, -0.05) is 19.1 Å². The molecular weight excluding hydrogens is 418 g/mol. The van der Waals surface area contributed by atoms with Gasteiger partial charge in [0.05, 0.1) is 42.5 Å². The molecule has 1 aromatic carbocycles. The first-order valence-electron chi connectivity index (χ1n) is 11.0. The summed E-state index contributed by atoms with van der Waals surface area (Å²) < 4.78 is 7.35. The van der Waals surface area contributed by atoms with E-state index in [9.17, 15) is 4.79 Å². The maximum atomic E-state index is 11.9. The largest absolute Gasteiger partial charge is 0.378 e. The quantitative estimate of drug-likeness (QED) is 0.452. The lowest BCUT2D eigenvalue weighted by Gasteiger charge is -2.27. The number of aromatic nitrogens is 5. The van der Waals surface area contributed by atoms with Gasteiger partial charge < -0.3 is 15.0 Å². The summed E-state index contributed by atoms with van der Waals surface area (Å²) in [6, 6.07) is 11.7. The molecule has 0 atom stereocenters. The van der Waals surface area contributed by atoms with E-state index in [4.69, 9.17) is 14.7 Å². The van der Waals surface area contributed by atoms with Gasteiger partial charge in [0.25, 0.3) is 0 Å². The number of morpholine rings is 1. The first-order valence-corrected chi connectivity index (χ1v) is 11.0. The Kier molecular flexibility index (Phi) is 5.70. The number of rotatable bonds is 6. The number of anilines is 3. The molecule has 0 aliphatic carbocycles. The van der Waals surface area contributed by atoms with Crippen LogP contribution in [0, 0.1) is 0 Å². The second kappa shape index (κ2) is 8.95. The van der Waals surface area contributed by atoms with Crippen LogP contribution in [0.1, 0.15) is 23.8 Å². The van der Waals surface area contributed by atoms with Crippen molar-refractivity contribution >= 4 is 34.1 Å². The summed E-state index contributed by atoms with van der Waals surface area (Å²) in [6.45, 7) is 4.59. The van der Waals surface area contributed by atoms with Crippen LogP contribution in [0.15, 0.2) is 48.8 Å².